The standard InChI is InChI=1S/C16H23FN4.HI/c1-16(2,3)21-15(18-4)19-8-7-11-10-20-14-9-12(17)5-6-13(11)14;/h5-6,9-10,20H,7-8H2,1-4H3,(H2,18,19,21);1H. The van der Waals surface area contributed by atoms with Gasteiger partial charge in [-0.3, -0.25) is 4.99 Å². The van der Waals surface area contributed by atoms with Crippen molar-refractivity contribution in [2.24, 2.45) is 4.99 Å². The number of H-pyrrole nitrogens is 1. The summed E-state index contributed by atoms with van der Waals surface area (Å²) < 4.78 is 13.2. The van der Waals surface area contributed by atoms with E-state index in [1.807, 2.05) is 12.3 Å². The zero-order valence-corrected chi connectivity index (χ0v) is 15.8. The second-order valence-corrected chi connectivity index (χ2v) is 6.13. The summed E-state index contributed by atoms with van der Waals surface area (Å²) in [5, 5.41) is 7.67. The molecule has 6 heteroatoms. The van der Waals surface area contributed by atoms with Gasteiger partial charge in [0, 0.05) is 36.2 Å². The van der Waals surface area contributed by atoms with Gasteiger partial charge in [-0.2, -0.15) is 0 Å². The van der Waals surface area contributed by atoms with Gasteiger partial charge in [-0.25, -0.2) is 4.39 Å². The summed E-state index contributed by atoms with van der Waals surface area (Å²) in [6, 6.07) is 4.83. The van der Waals surface area contributed by atoms with Gasteiger partial charge in [0.1, 0.15) is 5.82 Å². The van der Waals surface area contributed by atoms with Crippen LogP contribution in [0.1, 0.15) is 26.3 Å². The quantitative estimate of drug-likeness (QED) is 0.407. The molecule has 0 aliphatic carbocycles. The fourth-order valence-corrected chi connectivity index (χ4v) is 2.22. The largest absolute Gasteiger partial charge is 0.361 e. The van der Waals surface area contributed by atoms with Crippen molar-refractivity contribution in [2.75, 3.05) is 13.6 Å². The lowest BCUT2D eigenvalue weighted by Gasteiger charge is -2.23. The molecule has 2 aromatic rings. The van der Waals surface area contributed by atoms with Gasteiger partial charge in [-0.05, 0) is 51.0 Å². The number of aliphatic imine (C=N–C) groups is 1. The van der Waals surface area contributed by atoms with Crippen LogP contribution in [0.25, 0.3) is 10.9 Å². The molecule has 1 aromatic heterocycles. The maximum atomic E-state index is 13.2. The number of guanidine groups is 1. The van der Waals surface area contributed by atoms with E-state index in [9.17, 15) is 4.39 Å². The van der Waals surface area contributed by atoms with Crippen molar-refractivity contribution in [1.29, 1.82) is 0 Å². The minimum absolute atomic E-state index is 0. The molecule has 3 N–H and O–H groups in total. The summed E-state index contributed by atoms with van der Waals surface area (Å²) in [4.78, 5) is 7.31. The molecule has 0 unspecified atom stereocenters. The average Bonchev–Trinajstić information content (AvgIpc) is 2.78. The number of rotatable bonds is 3. The lowest BCUT2D eigenvalue weighted by atomic mass is 10.1. The van der Waals surface area contributed by atoms with E-state index in [4.69, 9.17) is 0 Å². The normalized spacial score (nSPS) is 12.1. The summed E-state index contributed by atoms with van der Waals surface area (Å²) in [5.74, 6) is 0.567. The first kappa shape index (κ1) is 18.7. The van der Waals surface area contributed by atoms with Crippen molar-refractivity contribution in [2.45, 2.75) is 32.7 Å². The van der Waals surface area contributed by atoms with Gasteiger partial charge in [-0.1, -0.05) is 0 Å². The molecule has 0 spiro atoms. The van der Waals surface area contributed by atoms with Gasteiger partial charge in [0.15, 0.2) is 5.96 Å². The molecule has 0 aliphatic rings. The second-order valence-electron chi connectivity index (χ2n) is 6.13. The van der Waals surface area contributed by atoms with Crippen molar-refractivity contribution in [3.8, 4) is 0 Å². The third kappa shape index (κ3) is 5.15. The fraction of sp³-hybridized carbons (Fsp3) is 0.438. The molecule has 2 rings (SSSR count). The summed E-state index contributed by atoms with van der Waals surface area (Å²) >= 11 is 0. The number of nitrogens with one attached hydrogen (secondary N) is 3. The number of halogens is 2. The molecule has 22 heavy (non-hydrogen) atoms. The summed E-state index contributed by atoms with van der Waals surface area (Å²) in [6.07, 6.45) is 2.78. The highest BCUT2D eigenvalue weighted by atomic mass is 127. The van der Waals surface area contributed by atoms with Crippen molar-refractivity contribution in [3.05, 3.63) is 35.8 Å². The molecule has 0 fully saturated rings. The SMILES string of the molecule is CN=C(NCCc1c[nH]c2cc(F)ccc12)NC(C)(C)C.I. The zero-order chi connectivity index (χ0) is 15.5. The molecule has 0 aliphatic heterocycles. The number of nitrogens with zero attached hydrogens (tertiary/aromatic N) is 1. The van der Waals surface area contributed by atoms with Gasteiger partial charge in [0.05, 0.1) is 0 Å². The Labute approximate surface area is 148 Å². The molecular weight excluding hydrogens is 394 g/mol. The lowest BCUT2D eigenvalue weighted by Crippen LogP contribution is -2.48. The molecule has 0 amide bonds. The molecule has 0 radical (unpaired) electrons. The Morgan fingerprint density at radius 2 is 2.05 bits per heavy atom. The van der Waals surface area contributed by atoms with Crippen LogP contribution in [0.5, 0.6) is 0 Å². The lowest BCUT2D eigenvalue weighted by molar-refractivity contribution is 0.501. The van der Waals surface area contributed by atoms with E-state index in [1.165, 1.54) is 17.7 Å². The number of fused-ring (bicyclic) bond motifs is 1. The van der Waals surface area contributed by atoms with E-state index in [2.05, 4.69) is 41.4 Å². The van der Waals surface area contributed by atoms with E-state index in [1.54, 1.807) is 7.05 Å². The van der Waals surface area contributed by atoms with E-state index >= 15 is 0 Å². The van der Waals surface area contributed by atoms with Gasteiger partial charge < -0.3 is 15.6 Å². The smallest absolute Gasteiger partial charge is 0.191 e. The maximum Gasteiger partial charge on any atom is 0.191 e. The minimum atomic E-state index is -0.219. The molecule has 1 aromatic carbocycles. The van der Waals surface area contributed by atoms with Crippen LogP contribution < -0.4 is 10.6 Å². The molecule has 122 valence electrons. The monoisotopic (exact) mass is 418 g/mol. The van der Waals surface area contributed by atoms with E-state index in [-0.39, 0.29) is 35.3 Å². The summed E-state index contributed by atoms with van der Waals surface area (Å²) in [5.41, 5.74) is 1.98. The highest BCUT2D eigenvalue weighted by molar-refractivity contribution is 14.0. The molecule has 0 atom stereocenters. The maximum absolute atomic E-state index is 13.2. The Morgan fingerprint density at radius 3 is 2.68 bits per heavy atom. The van der Waals surface area contributed by atoms with Crippen LogP contribution >= 0.6 is 24.0 Å². The van der Waals surface area contributed by atoms with Crippen LogP contribution in [0.4, 0.5) is 4.39 Å². The molecule has 4 nitrogen and oxygen atoms in total. The molecule has 0 saturated heterocycles. The van der Waals surface area contributed by atoms with Crippen LogP contribution in [0.3, 0.4) is 0 Å². The van der Waals surface area contributed by atoms with E-state index in [0.29, 0.717) is 0 Å². The average molecular weight is 418 g/mol. The van der Waals surface area contributed by atoms with Gasteiger partial charge >= 0.3 is 0 Å². The van der Waals surface area contributed by atoms with Crippen molar-refractivity contribution < 1.29 is 4.39 Å². The van der Waals surface area contributed by atoms with E-state index in [0.717, 1.165) is 29.8 Å². The second kappa shape index (κ2) is 7.80. The van der Waals surface area contributed by atoms with Gasteiger partial charge in [0.2, 0.25) is 0 Å². The first-order chi connectivity index (χ1) is 9.89. The summed E-state index contributed by atoms with van der Waals surface area (Å²) in [7, 11) is 1.76. The van der Waals surface area contributed by atoms with Crippen molar-refractivity contribution >= 4 is 40.8 Å². The Hall–Kier alpha value is -1.31. The first-order valence-electron chi connectivity index (χ1n) is 7.13. The highest BCUT2D eigenvalue weighted by Crippen LogP contribution is 2.19. The van der Waals surface area contributed by atoms with Crippen LogP contribution in [-0.4, -0.2) is 30.1 Å². The number of benzene rings is 1. The third-order valence-electron chi connectivity index (χ3n) is 3.13. The molecule has 1 heterocycles. The molecular formula is C16H24FIN4. The number of hydrogen-bond acceptors (Lipinski definition) is 1. The molecule has 0 saturated carbocycles. The Balaban J connectivity index is 0.00000242. The fourth-order valence-electron chi connectivity index (χ4n) is 2.22. The first-order valence-corrected chi connectivity index (χ1v) is 7.13. The third-order valence-corrected chi connectivity index (χ3v) is 3.13. The van der Waals surface area contributed by atoms with Crippen molar-refractivity contribution in [1.82, 2.24) is 15.6 Å². The zero-order valence-electron chi connectivity index (χ0n) is 13.5. The van der Waals surface area contributed by atoms with Crippen LogP contribution in [0, 0.1) is 5.82 Å². The Bertz CT molecular complexity index is 643. The van der Waals surface area contributed by atoms with Crippen LogP contribution in [-0.2, 0) is 6.42 Å². The predicted molar refractivity (Wildman–Crippen MR) is 102 cm³/mol. The van der Waals surface area contributed by atoms with Gasteiger partial charge in [-0.15, -0.1) is 24.0 Å². The number of hydrogen-bond donors (Lipinski definition) is 3. The highest BCUT2D eigenvalue weighted by Gasteiger charge is 2.11. The van der Waals surface area contributed by atoms with Gasteiger partial charge in [0.25, 0.3) is 0 Å². The van der Waals surface area contributed by atoms with Crippen molar-refractivity contribution in [3.63, 3.8) is 0 Å². The predicted octanol–water partition coefficient (Wildman–Crippen LogP) is 3.43. The van der Waals surface area contributed by atoms with Crippen LogP contribution in [0.2, 0.25) is 0 Å². The summed E-state index contributed by atoms with van der Waals surface area (Å²) in [6.45, 7) is 7.04. The minimum Gasteiger partial charge on any atom is -0.361 e. The number of aromatic amines is 1. The molecule has 0 bridgehead atoms. The topological polar surface area (TPSA) is 52.2 Å². The Kier molecular flexibility index (Phi) is 6.65. The Morgan fingerprint density at radius 1 is 1.32 bits per heavy atom. The number of aromatic nitrogens is 1. The van der Waals surface area contributed by atoms with E-state index < -0.39 is 0 Å². The van der Waals surface area contributed by atoms with Crippen LogP contribution in [0.15, 0.2) is 29.4 Å².